The number of methoxy groups -OCH3 is 1. The van der Waals surface area contributed by atoms with Crippen molar-refractivity contribution in [2.75, 3.05) is 25.2 Å². The summed E-state index contributed by atoms with van der Waals surface area (Å²) in [5, 5.41) is 20.9. The third kappa shape index (κ3) is 6.43. The Morgan fingerprint density at radius 2 is 1.83 bits per heavy atom. The number of amides is 1. The molecule has 242 valence electrons. The Kier molecular flexibility index (Phi) is 9.50. The fraction of sp³-hybridized carbons (Fsp3) is 0.257. The zero-order valence-electron chi connectivity index (χ0n) is 26.3. The van der Waals surface area contributed by atoms with E-state index in [1.54, 1.807) is 42.5 Å². The van der Waals surface area contributed by atoms with Gasteiger partial charge in [-0.15, -0.1) is 10.2 Å². The highest BCUT2D eigenvalue weighted by Gasteiger charge is 2.47. The molecule has 0 spiro atoms. The zero-order chi connectivity index (χ0) is 33.1. The molecule has 1 aliphatic rings. The molecular formula is C35H33N3O7S2. The number of carbonyl (C=O) groups excluding carboxylic acids is 2. The largest absolute Gasteiger partial charge is 0.503 e. The first-order chi connectivity index (χ1) is 22.8. The second-order valence-electron chi connectivity index (χ2n) is 10.8. The predicted molar refractivity (Wildman–Crippen MR) is 181 cm³/mol. The first kappa shape index (κ1) is 32.1. The van der Waals surface area contributed by atoms with Crippen LogP contribution in [0.2, 0.25) is 0 Å². The van der Waals surface area contributed by atoms with Gasteiger partial charge in [0, 0.05) is 11.1 Å². The summed E-state index contributed by atoms with van der Waals surface area (Å²) in [4.78, 5) is 29.4. The van der Waals surface area contributed by atoms with Crippen LogP contribution in [0.3, 0.4) is 0 Å². The molecule has 1 N–H and O–H groups in total. The van der Waals surface area contributed by atoms with Gasteiger partial charge >= 0.3 is 0 Å². The van der Waals surface area contributed by atoms with Crippen molar-refractivity contribution in [3.05, 3.63) is 101 Å². The number of anilines is 1. The van der Waals surface area contributed by atoms with E-state index >= 15 is 0 Å². The maximum Gasteiger partial charge on any atom is 0.296 e. The van der Waals surface area contributed by atoms with Crippen LogP contribution in [0.1, 0.15) is 53.6 Å². The van der Waals surface area contributed by atoms with E-state index < -0.39 is 23.5 Å². The smallest absolute Gasteiger partial charge is 0.296 e. The van der Waals surface area contributed by atoms with Gasteiger partial charge in [-0.2, -0.15) is 0 Å². The number of fused-ring (bicyclic) bond motifs is 1. The zero-order valence-corrected chi connectivity index (χ0v) is 27.9. The number of aliphatic hydroxyl groups is 1. The van der Waals surface area contributed by atoms with Crippen LogP contribution in [0, 0.1) is 6.92 Å². The third-order valence-corrected chi connectivity index (χ3v) is 9.66. The fourth-order valence-electron chi connectivity index (χ4n) is 5.27. The molecule has 0 fully saturated rings. The molecule has 12 heteroatoms. The van der Waals surface area contributed by atoms with Gasteiger partial charge in [0.05, 0.1) is 31.9 Å². The molecule has 0 bridgehead atoms. The Labute approximate surface area is 280 Å². The lowest BCUT2D eigenvalue weighted by Gasteiger charge is -2.24. The molecule has 2 aromatic heterocycles. The summed E-state index contributed by atoms with van der Waals surface area (Å²) in [5.74, 6) is -0.0770. The van der Waals surface area contributed by atoms with Crippen molar-refractivity contribution in [1.82, 2.24) is 10.2 Å². The van der Waals surface area contributed by atoms with E-state index in [4.69, 9.17) is 18.6 Å². The maximum absolute atomic E-state index is 14.2. The molecule has 0 radical (unpaired) electrons. The molecule has 1 atom stereocenters. The van der Waals surface area contributed by atoms with Gasteiger partial charge in [0.25, 0.3) is 5.91 Å². The molecule has 0 saturated carbocycles. The lowest BCUT2D eigenvalue weighted by molar-refractivity contribution is -0.117. The second kappa shape index (κ2) is 13.9. The lowest BCUT2D eigenvalue weighted by atomic mass is 9.95. The van der Waals surface area contributed by atoms with Gasteiger partial charge in [-0.1, -0.05) is 78.1 Å². The average molecular weight is 672 g/mol. The van der Waals surface area contributed by atoms with E-state index in [2.05, 4.69) is 34.5 Å². The number of aromatic nitrogens is 2. The van der Waals surface area contributed by atoms with Crippen molar-refractivity contribution in [2.45, 2.75) is 43.3 Å². The van der Waals surface area contributed by atoms with Crippen LogP contribution in [0.5, 0.6) is 17.2 Å². The number of furan rings is 1. The van der Waals surface area contributed by atoms with Crippen LogP contribution in [-0.4, -0.2) is 47.3 Å². The highest BCUT2D eigenvalue weighted by Crippen LogP contribution is 2.46. The number of hydrogen-bond acceptors (Lipinski definition) is 11. The summed E-state index contributed by atoms with van der Waals surface area (Å²) in [5.41, 5.74) is 3.03. The minimum Gasteiger partial charge on any atom is -0.503 e. The Bertz CT molecular complexity index is 1970. The SMILES string of the molecule is CCCOc1ccc(C2C(C(=O)c3cc4cccc(OC)c4o3)=C(O)C(=O)N2c2nnc(SCc3ccc(C)cc3)s2)cc1OCC. The van der Waals surface area contributed by atoms with E-state index in [9.17, 15) is 14.7 Å². The highest BCUT2D eigenvalue weighted by atomic mass is 32.2. The molecule has 1 unspecified atom stereocenters. The number of rotatable bonds is 13. The number of para-hydroxylation sites is 1. The first-order valence-electron chi connectivity index (χ1n) is 15.1. The third-order valence-electron chi connectivity index (χ3n) is 7.53. The average Bonchev–Trinajstić information content (AvgIpc) is 3.80. The number of hydrogen-bond donors (Lipinski definition) is 1. The molecule has 1 amide bonds. The van der Waals surface area contributed by atoms with Crippen molar-refractivity contribution >= 4 is 50.9 Å². The minimum atomic E-state index is -1.06. The summed E-state index contributed by atoms with van der Waals surface area (Å²) < 4.78 is 23.8. The monoisotopic (exact) mass is 671 g/mol. The molecule has 6 rings (SSSR count). The minimum absolute atomic E-state index is 0.0507. The Morgan fingerprint density at radius 1 is 1.02 bits per heavy atom. The van der Waals surface area contributed by atoms with Gasteiger partial charge in [0.1, 0.15) is 0 Å². The highest BCUT2D eigenvalue weighted by molar-refractivity contribution is 8.00. The summed E-state index contributed by atoms with van der Waals surface area (Å²) in [6, 6.07) is 19.2. The van der Waals surface area contributed by atoms with Gasteiger partial charge in [-0.05, 0) is 55.7 Å². The molecule has 10 nitrogen and oxygen atoms in total. The van der Waals surface area contributed by atoms with Gasteiger partial charge in [-0.25, -0.2) is 0 Å². The molecule has 1 aliphatic heterocycles. The number of Topliss-reactive ketones (excluding diaryl/α,β-unsaturated/α-hetero) is 1. The molecule has 3 heterocycles. The van der Waals surface area contributed by atoms with Gasteiger partial charge in [-0.3, -0.25) is 14.5 Å². The molecular weight excluding hydrogens is 639 g/mol. The topological polar surface area (TPSA) is 124 Å². The number of aliphatic hydroxyl groups excluding tert-OH is 1. The molecule has 0 aliphatic carbocycles. The van der Waals surface area contributed by atoms with Gasteiger partial charge in [0.15, 0.2) is 38.7 Å². The summed E-state index contributed by atoms with van der Waals surface area (Å²) in [6.07, 6.45) is 0.803. The molecule has 3 aromatic carbocycles. The molecule has 0 saturated heterocycles. The Balaban J connectivity index is 1.40. The number of ether oxygens (including phenoxy) is 3. The van der Waals surface area contributed by atoms with Gasteiger partial charge in [0.2, 0.25) is 10.9 Å². The first-order valence-corrected chi connectivity index (χ1v) is 16.9. The normalized spacial score (nSPS) is 14.7. The van der Waals surface area contributed by atoms with E-state index in [-0.39, 0.29) is 16.5 Å². The van der Waals surface area contributed by atoms with Crippen molar-refractivity contribution < 1.29 is 33.3 Å². The predicted octanol–water partition coefficient (Wildman–Crippen LogP) is 7.86. The number of aryl methyl sites for hydroxylation is 1. The van der Waals surface area contributed by atoms with Gasteiger partial charge < -0.3 is 23.7 Å². The molecule has 47 heavy (non-hydrogen) atoms. The summed E-state index contributed by atoms with van der Waals surface area (Å²) >= 11 is 2.69. The summed E-state index contributed by atoms with van der Waals surface area (Å²) in [7, 11) is 1.51. The van der Waals surface area contributed by atoms with Crippen molar-refractivity contribution in [3.8, 4) is 17.2 Å². The van der Waals surface area contributed by atoms with E-state index in [0.717, 1.165) is 12.0 Å². The van der Waals surface area contributed by atoms with Crippen molar-refractivity contribution in [3.63, 3.8) is 0 Å². The Morgan fingerprint density at radius 3 is 2.57 bits per heavy atom. The standard InChI is InChI=1S/C35H33N3O7S2/c1-5-16-44-24-15-14-22(17-26(24)43-6-2)29-28(30(39)27-18-23-8-7-9-25(42-4)32(23)45-27)31(40)33(41)38(29)34-36-37-35(47-34)46-19-21-12-10-20(3)11-13-21/h7-15,17-18,29,40H,5-6,16,19H2,1-4H3. The lowest BCUT2D eigenvalue weighted by Crippen LogP contribution is -2.31. The number of benzene rings is 3. The maximum atomic E-state index is 14.2. The van der Waals surface area contributed by atoms with E-state index in [0.29, 0.717) is 57.1 Å². The van der Waals surface area contributed by atoms with Crippen molar-refractivity contribution in [1.29, 1.82) is 0 Å². The van der Waals surface area contributed by atoms with Crippen LogP contribution in [0.25, 0.3) is 11.0 Å². The molecule has 5 aromatic rings. The van der Waals surface area contributed by atoms with Crippen LogP contribution in [0.4, 0.5) is 5.13 Å². The van der Waals surface area contributed by atoms with Crippen LogP contribution >= 0.6 is 23.1 Å². The summed E-state index contributed by atoms with van der Waals surface area (Å²) in [6.45, 7) is 6.75. The number of ketones is 1. The van der Waals surface area contributed by atoms with E-state index in [1.165, 1.54) is 40.7 Å². The Hall–Kier alpha value is -4.81. The second-order valence-corrected chi connectivity index (χ2v) is 12.9. The number of thioether (sulfide) groups is 1. The van der Waals surface area contributed by atoms with E-state index in [1.807, 2.05) is 20.8 Å². The van der Waals surface area contributed by atoms with Crippen LogP contribution in [0.15, 0.2) is 86.8 Å². The quantitative estimate of drug-likeness (QED) is 0.0751. The number of carbonyl (C=O) groups is 2. The van der Waals surface area contributed by atoms with Crippen molar-refractivity contribution in [2.24, 2.45) is 0 Å². The fourth-order valence-corrected chi connectivity index (χ4v) is 7.10. The van der Waals surface area contributed by atoms with Crippen LogP contribution < -0.4 is 19.1 Å². The van der Waals surface area contributed by atoms with Crippen LogP contribution in [-0.2, 0) is 10.5 Å². The number of nitrogens with zero attached hydrogens (tertiary/aromatic N) is 3.